The van der Waals surface area contributed by atoms with Crippen molar-refractivity contribution in [2.24, 2.45) is 0 Å². The highest BCUT2D eigenvalue weighted by atomic mass is 32.1. The molecule has 1 aromatic carbocycles. The fraction of sp³-hybridized carbons (Fsp3) is 0.333. The van der Waals surface area contributed by atoms with Gasteiger partial charge in [0, 0.05) is 18.7 Å². The molecule has 5 nitrogen and oxygen atoms in total. The second kappa shape index (κ2) is 7.49. The summed E-state index contributed by atoms with van der Waals surface area (Å²) in [6.45, 7) is 2.58. The average molecular weight is 343 g/mol. The summed E-state index contributed by atoms with van der Waals surface area (Å²) in [4.78, 5) is 23.4. The molecular formula is C18H21N3O2S. The Morgan fingerprint density at radius 3 is 3.00 bits per heavy atom. The van der Waals surface area contributed by atoms with E-state index in [0.29, 0.717) is 13.0 Å². The number of urea groups is 1. The number of fused-ring (bicyclic) bond motifs is 1. The largest absolute Gasteiger partial charge is 0.338 e. The van der Waals surface area contributed by atoms with Crippen molar-refractivity contribution >= 4 is 29.0 Å². The van der Waals surface area contributed by atoms with Crippen molar-refractivity contribution in [2.75, 3.05) is 11.9 Å². The van der Waals surface area contributed by atoms with E-state index in [0.717, 1.165) is 29.7 Å². The number of carbonyl (C=O) groups excluding carboxylic acids is 2. The maximum Gasteiger partial charge on any atom is 0.315 e. The van der Waals surface area contributed by atoms with Crippen molar-refractivity contribution in [3.63, 3.8) is 0 Å². The van der Waals surface area contributed by atoms with Crippen LogP contribution in [0.2, 0.25) is 0 Å². The van der Waals surface area contributed by atoms with Gasteiger partial charge in [0.15, 0.2) is 0 Å². The number of hydrogen-bond donors (Lipinski definition) is 3. The van der Waals surface area contributed by atoms with Gasteiger partial charge < -0.3 is 16.0 Å². The zero-order chi connectivity index (χ0) is 16.9. The summed E-state index contributed by atoms with van der Waals surface area (Å²) in [7, 11) is 0. The lowest BCUT2D eigenvalue weighted by atomic mass is 9.98. The zero-order valence-corrected chi connectivity index (χ0v) is 14.4. The average Bonchev–Trinajstić information content (AvgIpc) is 3.07. The predicted octanol–water partition coefficient (Wildman–Crippen LogP) is 3.24. The highest BCUT2D eigenvalue weighted by molar-refractivity contribution is 7.07. The molecule has 0 radical (unpaired) electrons. The van der Waals surface area contributed by atoms with Gasteiger partial charge in [0.1, 0.15) is 0 Å². The summed E-state index contributed by atoms with van der Waals surface area (Å²) in [5.41, 5.74) is 4.28. The molecule has 6 heteroatoms. The van der Waals surface area contributed by atoms with Gasteiger partial charge >= 0.3 is 6.03 Å². The quantitative estimate of drug-likeness (QED) is 0.780. The molecule has 1 unspecified atom stereocenters. The molecule has 0 saturated heterocycles. The van der Waals surface area contributed by atoms with Gasteiger partial charge in [-0.05, 0) is 59.3 Å². The Labute approximate surface area is 145 Å². The monoisotopic (exact) mass is 343 g/mol. The summed E-state index contributed by atoms with van der Waals surface area (Å²) in [6.07, 6.45) is 2.10. The van der Waals surface area contributed by atoms with Crippen LogP contribution in [0.25, 0.3) is 0 Å². The third kappa shape index (κ3) is 4.14. The van der Waals surface area contributed by atoms with E-state index in [9.17, 15) is 9.59 Å². The van der Waals surface area contributed by atoms with Gasteiger partial charge in [-0.15, -0.1) is 0 Å². The molecule has 0 spiro atoms. The van der Waals surface area contributed by atoms with Crippen molar-refractivity contribution in [1.29, 1.82) is 0 Å². The second-order valence-corrected chi connectivity index (χ2v) is 6.75. The number of carbonyl (C=O) groups is 2. The van der Waals surface area contributed by atoms with E-state index in [4.69, 9.17) is 0 Å². The van der Waals surface area contributed by atoms with Gasteiger partial charge in [0.05, 0.1) is 6.04 Å². The molecule has 0 saturated carbocycles. The van der Waals surface area contributed by atoms with Crippen molar-refractivity contribution in [2.45, 2.75) is 32.2 Å². The first-order chi connectivity index (χ1) is 11.6. The van der Waals surface area contributed by atoms with Crippen LogP contribution in [-0.4, -0.2) is 18.5 Å². The van der Waals surface area contributed by atoms with E-state index in [1.807, 2.05) is 24.4 Å². The van der Waals surface area contributed by atoms with E-state index >= 15 is 0 Å². The van der Waals surface area contributed by atoms with Gasteiger partial charge in [0.2, 0.25) is 5.91 Å². The molecular weight excluding hydrogens is 322 g/mol. The number of anilines is 1. The molecule has 1 aliphatic rings. The predicted molar refractivity (Wildman–Crippen MR) is 96.4 cm³/mol. The van der Waals surface area contributed by atoms with E-state index < -0.39 is 0 Å². The maximum atomic E-state index is 12.0. The number of thiophene rings is 1. The number of amides is 3. The van der Waals surface area contributed by atoms with Crippen LogP contribution in [0.4, 0.5) is 10.5 Å². The first kappa shape index (κ1) is 16.5. The lowest BCUT2D eigenvalue weighted by Crippen LogP contribution is -2.38. The summed E-state index contributed by atoms with van der Waals surface area (Å²) in [6, 6.07) is 7.73. The fourth-order valence-corrected chi connectivity index (χ4v) is 3.46. The molecule has 24 heavy (non-hydrogen) atoms. The molecule has 0 bridgehead atoms. The van der Waals surface area contributed by atoms with Crippen LogP contribution in [0.15, 0.2) is 35.0 Å². The van der Waals surface area contributed by atoms with Crippen LogP contribution in [0.5, 0.6) is 0 Å². The Balaban J connectivity index is 1.51. The van der Waals surface area contributed by atoms with E-state index in [2.05, 4.69) is 33.5 Å². The van der Waals surface area contributed by atoms with Crippen LogP contribution in [-0.2, 0) is 17.6 Å². The second-order valence-electron chi connectivity index (χ2n) is 5.97. The van der Waals surface area contributed by atoms with Crippen LogP contribution in [0.3, 0.4) is 0 Å². The van der Waals surface area contributed by atoms with Crippen molar-refractivity contribution in [1.82, 2.24) is 10.6 Å². The Kier molecular flexibility index (Phi) is 5.15. The lowest BCUT2D eigenvalue weighted by molar-refractivity contribution is -0.116. The standard InChI is InChI=1S/C18H21N3O2S/c1-12(20-18(23)19-8-6-13-7-9-24-11-13)14-2-4-16-15(10-14)3-5-17(22)21-16/h2,4,7,9-12H,3,5-6,8H2,1H3,(H,21,22)(H2,19,20,23). The molecule has 2 aromatic rings. The third-order valence-electron chi connectivity index (χ3n) is 4.15. The number of benzene rings is 1. The van der Waals surface area contributed by atoms with E-state index in [-0.39, 0.29) is 18.0 Å². The minimum absolute atomic E-state index is 0.0615. The Bertz CT molecular complexity index is 728. The molecule has 1 atom stereocenters. The SMILES string of the molecule is CC(NC(=O)NCCc1ccsc1)c1ccc2c(c1)CCC(=O)N2. The van der Waals surface area contributed by atoms with Crippen molar-refractivity contribution in [3.8, 4) is 0 Å². The molecule has 126 valence electrons. The summed E-state index contributed by atoms with van der Waals surface area (Å²) < 4.78 is 0. The van der Waals surface area contributed by atoms with Gasteiger partial charge in [0.25, 0.3) is 0 Å². The Hall–Kier alpha value is -2.34. The van der Waals surface area contributed by atoms with Crippen LogP contribution in [0, 0.1) is 0 Å². The minimum atomic E-state index is -0.163. The Morgan fingerprint density at radius 1 is 1.33 bits per heavy atom. The van der Waals surface area contributed by atoms with E-state index in [1.54, 1.807) is 11.3 Å². The lowest BCUT2D eigenvalue weighted by Gasteiger charge is -2.20. The molecule has 0 fully saturated rings. The molecule has 3 N–H and O–H groups in total. The van der Waals surface area contributed by atoms with Gasteiger partial charge in [-0.3, -0.25) is 4.79 Å². The van der Waals surface area contributed by atoms with Crippen LogP contribution in [0.1, 0.15) is 36.1 Å². The minimum Gasteiger partial charge on any atom is -0.338 e. The molecule has 0 aliphatic carbocycles. The molecule has 1 aromatic heterocycles. The van der Waals surface area contributed by atoms with Gasteiger partial charge in [-0.2, -0.15) is 11.3 Å². The normalized spacial score (nSPS) is 14.5. The number of aryl methyl sites for hydroxylation is 1. The summed E-state index contributed by atoms with van der Waals surface area (Å²) in [5, 5.41) is 12.8. The zero-order valence-electron chi connectivity index (χ0n) is 13.6. The van der Waals surface area contributed by atoms with Crippen molar-refractivity contribution < 1.29 is 9.59 Å². The summed E-state index contributed by atoms with van der Waals surface area (Å²) >= 11 is 1.66. The topological polar surface area (TPSA) is 70.2 Å². The molecule has 1 aliphatic heterocycles. The number of hydrogen-bond acceptors (Lipinski definition) is 3. The first-order valence-corrected chi connectivity index (χ1v) is 9.04. The summed E-state index contributed by atoms with van der Waals surface area (Å²) in [5.74, 6) is 0.0615. The Morgan fingerprint density at radius 2 is 2.21 bits per heavy atom. The van der Waals surface area contributed by atoms with Gasteiger partial charge in [-0.25, -0.2) is 4.79 Å². The van der Waals surface area contributed by atoms with Crippen LogP contribution >= 0.6 is 11.3 Å². The van der Waals surface area contributed by atoms with Crippen LogP contribution < -0.4 is 16.0 Å². The maximum absolute atomic E-state index is 12.0. The molecule has 2 heterocycles. The van der Waals surface area contributed by atoms with Crippen molar-refractivity contribution in [3.05, 3.63) is 51.7 Å². The van der Waals surface area contributed by atoms with E-state index in [1.165, 1.54) is 5.56 Å². The molecule has 3 rings (SSSR count). The highest BCUT2D eigenvalue weighted by Gasteiger charge is 2.17. The van der Waals surface area contributed by atoms with Gasteiger partial charge in [-0.1, -0.05) is 12.1 Å². The number of rotatable bonds is 5. The third-order valence-corrected chi connectivity index (χ3v) is 4.88. The molecule has 3 amide bonds. The smallest absolute Gasteiger partial charge is 0.315 e. The fourth-order valence-electron chi connectivity index (χ4n) is 2.76. The first-order valence-electron chi connectivity index (χ1n) is 8.10. The number of nitrogens with one attached hydrogen (secondary N) is 3. The highest BCUT2D eigenvalue weighted by Crippen LogP contribution is 2.26.